The second kappa shape index (κ2) is 14.1. The molecule has 2 aromatic carbocycles. The zero-order valence-electron chi connectivity index (χ0n) is 20.3. The SMILES string of the molecule is O=C(O)CCC(=O)Nc1ccccc1/C=C(\C(=O)NC1CCCCCCCCC1)c1ccccc1. The lowest BCUT2D eigenvalue weighted by Crippen LogP contribution is -2.35. The lowest BCUT2D eigenvalue weighted by atomic mass is 9.96. The molecule has 6 heteroatoms. The Hall–Kier alpha value is -3.41. The molecule has 1 aliphatic rings. The van der Waals surface area contributed by atoms with Crippen molar-refractivity contribution in [2.24, 2.45) is 0 Å². The molecule has 2 aromatic rings. The summed E-state index contributed by atoms with van der Waals surface area (Å²) in [6, 6.07) is 16.9. The van der Waals surface area contributed by atoms with Gasteiger partial charge in [0, 0.05) is 23.7 Å². The Labute approximate surface area is 207 Å². The van der Waals surface area contributed by atoms with Gasteiger partial charge in [-0.1, -0.05) is 93.5 Å². The van der Waals surface area contributed by atoms with Gasteiger partial charge in [-0.3, -0.25) is 14.4 Å². The number of hydrogen-bond acceptors (Lipinski definition) is 3. The van der Waals surface area contributed by atoms with Crippen molar-refractivity contribution in [2.75, 3.05) is 5.32 Å². The van der Waals surface area contributed by atoms with Crippen LogP contribution in [0.25, 0.3) is 11.6 Å². The van der Waals surface area contributed by atoms with Gasteiger partial charge >= 0.3 is 5.97 Å². The van der Waals surface area contributed by atoms with Crippen LogP contribution in [-0.2, 0) is 14.4 Å². The highest BCUT2D eigenvalue weighted by molar-refractivity contribution is 6.24. The number of rotatable bonds is 8. The van der Waals surface area contributed by atoms with E-state index in [1.54, 1.807) is 18.2 Å². The van der Waals surface area contributed by atoms with Crippen LogP contribution in [0.15, 0.2) is 54.6 Å². The highest BCUT2D eigenvalue weighted by Gasteiger charge is 2.18. The monoisotopic (exact) mass is 476 g/mol. The van der Waals surface area contributed by atoms with Crippen molar-refractivity contribution in [3.63, 3.8) is 0 Å². The molecule has 35 heavy (non-hydrogen) atoms. The zero-order chi connectivity index (χ0) is 24.9. The number of hydrogen-bond donors (Lipinski definition) is 3. The van der Waals surface area contributed by atoms with E-state index < -0.39 is 5.97 Å². The van der Waals surface area contributed by atoms with E-state index in [0.717, 1.165) is 31.2 Å². The molecule has 1 fully saturated rings. The first-order valence-corrected chi connectivity index (χ1v) is 12.7. The topological polar surface area (TPSA) is 95.5 Å². The zero-order valence-corrected chi connectivity index (χ0v) is 20.3. The normalized spacial score (nSPS) is 15.7. The molecule has 0 saturated heterocycles. The maximum absolute atomic E-state index is 13.5. The molecule has 0 heterocycles. The predicted molar refractivity (Wildman–Crippen MR) is 140 cm³/mol. The van der Waals surface area contributed by atoms with Gasteiger partial charge in [-0.05, 0) is 36.1 Å². The quantitative estimate of drug-likeness (QED) is 0.320. The van der Waals surface area contributed by atoms with Gasteiger partial charge in [0.15, 0.2) is 0 Å². The van der Waals surface area contributed by atoms with E-state index in [4.69, 9.17) is 5.11 Å². The summed E-state index contributed by atoms with van der Waals surface area (Å²) in [7, 11) is 0. The first-order valence-electron chi connectivity index (χ1n) is 12.7. The number of para-hydroxylation sites is 1. The summed E-state index contributed by atoms with van der Waals surface area (Å²) < 4.78 is 0. The molecule has 0 spiro atoms. The molecule has 186 valence electrons. The Bertz CT molecular complexity index is 1010. The summed E-state index contributed by atoms with van der Waals surface area (Å²) in [6.07, 6.45) is 12.0. The Balaban J connectivity index is 1.83. The number of nitrogens with one attached hydrogen (secondary N) is 2. The summed E-state index contributed by atoms with van der Waals surface area (Å²) in [5.41, 5.74) is 2.57. The Morgan fingerprint density at radius 3 is 2.06 bits per heavy atom. The molecule has 0 aliphatic heterocycles. The Kier molecular flexibility index (Phi) is 10.6. The van der Waals surface area contributed by atoms with Gasteiger partial charge in [-0.15, -0.1) is 0 Å². The van der Waals surface area contributed by atoms with Crippen LogP contribution in [0.3, 0.4) is 0 Å². The molecule has 1 saturated carbocycles. The molecule has 0 aromatic heterocycles. The molecule has 2 amide bonds. The van der Waals surface area contributed by atoms with Crippen LogP contribution in [0.1, 0.15) is 81.8 Å². The van der Waals surface area contributed by atoms with Crippen molar-refractivity contribution in [1.29, 1.82) is 0 Å². The average Bonchev–Trinajstić information content (AvgIpc) is 2.86. The van der Waals surface area contributed by atoms with E-state index in [0.29, 0.717) is 16.8 Å². The minimum atomic E-state index is -1.02. The van der Waals surface area contributed by atoms with E-state index in [2.05, 4.69) is 10.6 Å². The largest absolute Gasteiger partial charge is 0.481 e. The molecule has 6 nitrogen and oxygen atoms in total. The number of aliphatic carboxylic acids is 1. The van der Waals surface area contributed by atoms with Gasteiger partial charge in [-0.2, -0.15) is 0 Å². The highest BCUT2D eigenvalue weighted by atomic mass is 16.4. The fraction of sp³-hybridized carbons (Fsp3) is 0.414. The first-order chi connectivity index (χ1) is 17.0. The summed E-state index contributed by atoms with van der Waals surface area (Å²) in [5, 5.41) is 14.9. The van der Waals surface area contributed by atoms with Crippen molar-refractivity contribution in [3.8, 4) is 0 Å². The van der Waals surface area contributed by atoms with Crippen molar-refractivity contribution < 1.29 is 19.5 Å². The molecule has 0 bridgehead atoms. The van der Waals surface area contributed by atoms with Crippen LogP contribution in [0, 0.1) is 0 Å². The van der Waals surface area contributed by atoms with Crippen LogP contribution in [0.5, 0.6) is 0 Å². The maximum atomic E-state index is 13.5. The maximum Gasteiger partial charge on any atom is 0.303 e. The van der Waals surface area contributed by atoms with Gasteiger partial charge < -0.3 is 15.7 Å². The van der Waals surface area contributed by atoms with E-state index in [-0.39, 0.29) is 30.7 Å². The number of amides is 2. The third kappa shape index (κ3) is 9.04. The minimum absolute atomic E-state index is 0.110. The van der Waals surface area contributed by atoms with Crippen LogP contribution in [-0.4, -0.2) is 28.9 Å². The van der Waals surface area contributed by atoms with E-state index >= 15 is 0 Å². The summed E-state index contributed by atoms with van der Waals surface area (Å²) in [4.78, 5) is 36.6. The molecule has 0 atom stereocenters. The fourth-order valence-electron chi connectivity index (χ4n) is 4.44. The predicted octanol–water partition coefficient (Wildman–Crippen LogP) is 6.04. The number of carbonyl (C=O) groups is 3. The molecular formula is C29H36N2O4. The van der Waals surface area contributed by atoms with E-state index in [1.807, 2.05) is 42.5 Å². The van der Waals surface area contributed by atoms with E-state index in [9.17, 15) is 14.4 Å². The van der Waals surface area contributed by atoms with Crippen molar-refractivity contribution in [2.45, 2.75) is 76.7 Å². The first kappa shape index (κ1) is 26.2. The number of carboxylic acid groups (broad SMARTS) is 1. The number of carboxylic acids is 1. The van der Waals surface area contributed by atoms with Crippen molar-refractivity contribution in [3.05, 3.63) is 65.7 Å². The third-order valence-corrected chi connectivity index (χ3v) is 6.37. The summed E-state index contributed by atoms with van der Waals surface area (Å²) in [6.45, 7) is 0. The molecule has 0 unspecified atom stereocenters. The molecule has 0 radical (unpaired) electrons. The standard InChI is InChI=1S/C29H36N2O4/c32-27(19-20-28(33)34)31-26-18-12-11-15-23(26)21-25(22-13-7-6-8-14-22)29(35)30-24-16-9-4-2-1-3-5-10-17-24/h6-8,11-15,18,21,24H,1-5,9-10,16-17,19-20H2,(H,30,35)(H,31,32)(H,33,34)/b25-21-. The Morgan fingerprint density at radius 1 is 0.800 bits per heavy atom. The van der Waals surface area contributed by atoms with Crippen molar-refractivity contribution >= 4 is 35.1 Å². The lowest BCUT2D eigenvalue weighted by molar-refractivity contribution is -0.138. The van der Waals surface area contributed by atoms with Crippen LogP contribution in [0.4, 0.5) is 5.69 Å². The summed E-state index contributed by atoms with van der Waals surface area (Å²) in [5.74, 6) is -1.51. The van der Waals surface area contributed by atoms with Crippen molar-refractivity contribution in [1.82, 2.24) is 5.32 Å². The second-order valence-electron chi connectivity index (χ2n) is 9.18. The minimum Gasteiger partial charge on any atom is -0.481 e. The average molecular weight is 477 g/mol. The highest BCUT2D eigenvalue weighted by Crippen LogP contribution is 2.25. The molecule has 3 N–H and O–H groups in total. The van der Waals surface area contributed by atoms with Crippen LogP contribution in [0.2, 0.25) is 0 Å². The van der Waals surface area contributed by atoms with Gasteiger partial charge in [0.2, 0.25) is 5.91 Å². The molecule has 3 rings (SSSR count). The second-order valence-corrected chi connectivity index (χ2v) is 9.18. The number of anilines is 1. The molecule has 1 aliphatic carbocycles. The fourth-order valence-corrected chi connectivity index (χ4v) is 4.44. The number of benzene rings is 2. The smallest absolute Gasteiger partial charge is 0.303 e. The Morgan fingerprint density at radius 2 is 1.40 bits per heavy atom. The van der Waals surface area contributed by atoms with Gasteiger partial charge in [0.1, 0.15) is 0 Å². The summed E-state index contributed by atoms with van der Waals surface area (Å²) >= 11 is 0. The van der Waals surface area contributed by atoms with Gasteiger partial charge in [-0.25, -0.2) is 0 Å². The lowest BCUT2D eigenvalue weighted by Gasteiger charge is -2.21. The number of carbonyl (C=O) groups excluding carboxylic acids is 2. The molecular weight excluding hydrogens is 440 g/mol. The van der Waals surface area contributed by atoms with Crippen LogP contribution < -0.4 is 10.6 Å². The third-order valence-electron chi connectivity index (χ3n) is 6.37. The van der Waals surface area contributed by atoms with E-state index in [1.165, 1.54) is 32.1 Å². The van der Waals surface area contributed by atoms with Gasteiger partial charge in [0.25, 0.3) is 5.91 Å². The van der Waals surface area contributed by atoms with Gasteiger partial charge in [0.05, 0.1) is 6.42 Å². The van der Waals surface area contributed by atoms with Crippen LogP contribution >= 0.6 is 0 Å².